The van der Waals surface area contributed by atoms with E-state index in [0.717, 1.165) is 36.3 Å². The van der Waals surface area contributed by atoms with Crippen molar-refractivity contribution in [1.82, 2.24) is 5.32 Å². The minimum atomic E-state index is -0.826. The van der Waals surface area contributed by atoms with Crippen molar-refractivity contribution in [2.45, 2.75) is 63.4 Å². The van der Waals surface area contributed by atoms with E-state index in [1.165, 1.54) is 6.26 Å². The highest BCUT2D eigenvalue weighted by atomic mass is 32.1. The smallest absolute Gasteiger partial charge is 0.337 e. The summed E-state index contributed by atoms with van der Waals surface area (Å²) >= 11 is 1.64. The topological polar surface area (TPSA) is 85.6 Å². The van der Waals surface area contributed by atoms with Crippen molar-refractivity contribution in [3.8, 4) is 0 Å². The minimum Gasteiger partial charge on any atom is -0.464 e. The molecule has 0 saturated heterocycles. The second-order valence-electron chi connectivity index (χ2n) is 9.86. The Hall–Kier alpha value is -3.45. The largest absolute Gasteiger partial charge is 0.464 e. The lowest BCUT2D eigenvalue weighted by Crippen LogP contribution is -2.38. The minimum absolute atomic E-state index is 0.0571. The van der Waals surface area contributed by atoms with Gasteiger partial charge in [0.25, 0.3) is 0 Å². The maximum absolute atomic E-state index is 13.7. The first-order valence-electron chi connectivity index (χ1n) is 12.5. The molecule has 2 aliphatic carbocycles. The van der Waals surface area contributed by atoms with E-state index in [0.29, 0.717) is 46.2 Å². The quantitative estimate of drug-likeness (QED) is 0.462. The zero-order valence-corrected chi connectivity index (χ0v) is 20.9. The molecule has 184 valence electrons. The zero-order chi connectivity index (χ0) is 24.8. The number of hydrogen-bond acceptors (Lipinski definition) is 7. The van der Waals surface area contributed by atoms with Crippen molar-refractivity contribution in [3.63, 3.8) is 0 Å². The van der Waals surface area contributed by atoms with Gasteiger partial charge in [-0.05, 0) is 62.6 Å². The van der Waals surface area contributed by atoms with E-state index < -0.39 is 11.9 Å². The SMILES string of the molecule is CC1=C(C(=O)OC2CCCC2)[C@H](c2coc3ccccc3c2=O)C2=C(C[C@H](c3cccs3)CC2=O)N1. The van der Waals surface area contributed by atoms with Crippen LogP contribution in [0.1, 0.15) is 67.7 Å². The first kappa shape index (κ1) is 23.0. The van der Waals surface area contributed by atoms with Crippen molar-refractivity contribution in [2.75, 3.05) is 0 Å². The summed E-state index contributed by atoms with van der Waals surface area (Å²) in [7, 11) is 0. The standard InChI is InChI=1S/C29H27NO5S/c1-16-25(29(33)35-18-7-2-3-8-18)26(20-15-34-23-10-5-4-9-19(23)28(20)32)27-21(30-16)13-17(14-22(27)31)24-11-6-12-36-24/h4-6,9-12,15,17-18,26,30H,2-3,7-8,13-14H2,1H3/t17-,26-/m0/s1. The molecule has 1 fully saturated rings. The number of hydrogen-bond donors (Lipinski definition) is 1. The highest BCUT2D eigenvalue weighted by Gasteiger charge is 2.43. The third-order valence-corrected chi connectivity index (χ3v) is 8.62. The number of Topliss-reactive ketones (excluding diaryl/α,β-unsaturated/α-hetero) is 1. The van der Waals surface area contributed by atoms with Crippen LogP contribution >= 0.6 is 11.3 Å². The predicted molar refractivity (Wildman–Crippen MR) is 138 cm³/mol. The number of para-hydroxylation sites is 1. The fourth-order valence-corrected chi connectivity index (χ4v) is 6.69. The first-order chi connectivity index (χ1) is 17.5. The van der Waals surface area contributed by atoms with Crippen LogP contribution < -0.4 is 10.7 Å². The van der Waals surface area contributed by atoms with Crippen LogP contribution in [0.5, 0.6) is 0 Å². The van der Waals surface area contributed by atoms with Gasteiger partial charge in [-0.3, -0.25) is 9.59 Å². The average molecular weight is 502 g/mol. The molecule has 2 atom stereocenters. The number of fused-ring (bicyclic) bond motifs is 1. The third-order valence-electron chi connectivity index (χ3n) is 7.59. The number of dihydropyridines is 1. The molecule has 0 radical (unpaired) electrons. The second-order valence-corrected chi connectivity index (χ2v) is 10.8. The highest BCUT2D eigenvalue weighted by molar-refractivity contribution is 7.10. The zero-order valence-electron chi connectivity index (χ0n) is 20.0. The van der Waals surface area contributed by atoms with Gasteiger partial charge in [-0.25, -0.2) is 4.79 Å². The van der Waals surface area contributed by atoms with Gasteiger partial charge in [0.2, 0.25) is 0 Å². The van der Waals surface area contributed by atoms with Crippen molar-refractivity contribution in [2.24, 2.45) is 0 Å². The molecule has 1 aromatic carbocycles. The molecular weight excluding hydrogens is 474 g/mol. The van der Waals surface area contributed by atoms with Crippen LogP contribution in [0, 0.1) is 0 Å². The Balaban J connectivity index is 1.48. The van der Waals surface area contributed by atoms with Crippen LogP contribution in [0.25, 0.3) is 11.0 Å². The normalized spacial score (nSPS) is 22.6. The number of thiophene rings is 1. The van der Waals surface area contributed by atoms with E-state index in [1.54, 1.807) is 35.6 Å². The van der Waals surface area contributed by atoms with Crippen LogP contribution in [0.4, 0.5) is 0 Å². The molecule has 1 N–H and O–H groups in total. The number of esters is 1. The molecule has 3 heterocycles. The Labute approximate surface area is 212 Å². The van der Waals surface area contributed by atoms with Gasteiger partial charge in [0, 0.05) is 39.7 Å². The first-order valence-corrected chi connectivity index (χ1v) is 13.4. The highest BCUT2D eigenvalue weighted by Crippen LogP contribution is 2.46. The maximum Gasteiger partial charge on any atom is 0.337 e. The lowest BCUT2D eigenvalue weighted by Gasteiger charge is -2.36. The van der Waals surface area contributed by atoms with E-state index in [9.17, 15) is 14.4 Å². The number of carbonyl (C=O) groups excluding carboxylic acids is 2. The van der Waals surface area contributed by atoms with Crippen LogP contribution in [0.3, 0.4) is 0 Å². The Morgan fingerprint density at radius 1 is 1.08 bits per heavy atom. The molecule has 3 aromatic rings. The van der Waals surface area contributed by atoms with Gasteiger partial charge >= 0.3 is 5.97 Å². The van der Waals surface area contributed by atoms with E-state index in [1.807, 2.05) is 18.4 Å². The molecule has 36 heavy (non-hydrogen) atoms. The summed E-state index contributed by atoms with van der Waals surface area (Å²) in [6.07, 6.45) is 5.99. The number of nitrogens with one attached hydrogen (secondary N) is 1. The maximum atomic E-state index is 13.7. The van der Waals surface area contributed by atoms with Crippen LogP contribution in [-0.2, 0) is 14.3 Å². The predicted octanol–water partition coefficient (Wildman–Crippen LogP) is 5.70. The van der Waals surface area contributed by atoms with Gasteiger partial charge in [0.05, 0.1) is 23.1 Å². The van der Waals surface area contributed by atoms with Crippen LogP contribution in [0.15, 0.2) is 79.8 Å². The molecule has 1 saturated carbocycles. The Kier molecular flexibility index (Phi) is 5.88. The Morgan fingerprint density at radius 3 is 2.67 bits per heavy atom. The number of rotatable bonds is 4. The van der Waals surface area contributed by atoms with Crippen molar-refractivity contribution < 1.29 is 18.7 Å². The van der Waals surface area contributed by atoms with Crippen molar-refractivity contribution in [3.05, 3.63) is 91.2 Å². The Morgan fingerprint density at radius 2 is 1.89 bits per heavy atom. The number of allylic oxidation sites excluding steroid dienone is 3. The van der Waals surface area contributed by atoms with Crippen LogP contribution in [0.2, 0.25) is 0 Å². The summed E-state index contributed by atoms with van der Waals surface area (Å²) in [4.78, 5) is 42.1. The Bertz CT molecular complexity index is 1470. The van der Waals surface area contributed by atoms with Gasteiger partial charge in [0.15, 0.2) is 11.2 Å². The van der Waals surface area contributed by atoms with Gasteiger partial charge in [-0.2, -0.15) is 0 Å². The lowest BCUT2D eigenvalue weighted by molar-refractivity contribution is -0.144. The molecule has 6 rings (SSSR count). The third kappa shape index (κ3) is 3.91. The van der Waals surface area contributed by atoms with Crippen LogP contribution in [-0.4, -0.2) is 17.9 Å². The summed E-state index contributed by atoms with van der Waals surface area (Å²) in [5.74, 6) is -1.28. The molecule has 0 spiro atoms. The van der Waals surface area contributed by atoms with Gasteiger partial charge < -0.3 is 14.5 Å². The monoisotopic (exact) mass is 501 g/mol. The molecule has 0 unspecified atom stereocenters. The number of benzene rings is 1. The molecule has 3 aliphatic rings. The van der Waals surface area contributed by atoms with Gasteiger partial charge in [-0.15, -0.1) is 11.3 Å². The van der Waals surface area contributed by atoms with E-state index in [2.05, 4.69) is 11.4 Å². The van der Waals surface area contributed by atoms with E-state index >= 15 is 0 Å². The molecule has 7 heteroatoms. The lowest BCUT2D eigenvalue weighted by atomic mass is 9.73. The van der Waals surface area contributed by atoms with Crippen molar-refractivity contribution in [1.29, 1.82) is 0 Å². The van der Waals surface area contributed by atoms with E-state index in [-0.39, 0.29) is 23.2 Å². The number of carbonyl (C=O) groups is 2. The van der Waals surface area contributed by atoms with Gasteiger partial charge in [-0.1, -0.05) is 18.2 Å². The number of ether oxygens (including phenoxy) is 1. The fourth-order valence-electron chi connectivity index (χ4n) is 5.86. The summed E-state index contributed by atoms with van der Waals surface area (Å²) in [6, 6.07) is 11.1. The average Bonchev–Trinajstić information content (AvgIpc) is 3.58. The van der Waals surface area contributed by atoms with Gasteiger partial charge in [0.1, 0.15) is 11.7 Å². The fraction of sp³-hybridized carbons (Fsp3) is 0.345. The van der Waals surface area contributed by atoms with E-state index in [4.69, 9.17) is 9.15 Å². The molecular formula is C29H27NO5S. The molecule has 6 nitrogen and oxygen atoms in total. The molecule has 1 aliphatic heterocycles. The summed E-state index contributed by atoms with van der Waals surface area (Å²) in [5, 5.41) is 5.81. The van der Waals surface area contributed by atoms with Crippen molar-refractivity contribution >= 4 is 34.1 Å². The second kappa shape index (κ2) is 9.21. The molecule has 2 aromatic heterocycles. The summed E-state index contributed by atoms with van der Waals surface area (Å²) < 4.78 is 11.7. The summed E-state index contributed by atoms with van der Waals surface area (Å²) in [5.41, 5.74) is 2.73. The summed E-state index contributed by atoms with van der Waals surface area (Å²) in [6.45, 7) is 1.82. The molecule has 0 amide bonds. The number of ketones is 1. The molecule has 0 bridgehead atoms.